The number of carboxylic acids is 1. The number of likely N-dealkylation sites (tertiary alicyclic amines) is 1. The summed E-state index contributed by atoms with van der Waals surface area (Å²) in [4.78, 5) is 62.1. The second-order valence-electron chi connectivity index (χ2n) is 8.38. The second kappa shape index (κ2) is 13.0. The molecule has 4 amide bonds. The van der Waals surface area contributed by atoms with Crippen molar-refractivity contribution in [2.24, 2.45) is 23.1 Å². The smallest absolute Gasteiger partial charge is 0.326 e. The maximum absolute atomic E-state index is 13.0. The third kappa shape index (κ3) is 8.08. The van der Waals surface area contributed by atoms with Crippen LogP contribution in [0.4, 0.5) is 0 Å². The molecule has 12 nitrogen and oxygen atoms in total. The van der Waals surface area contributed by atoms with Gasteiger partial charge in [-0.15, -0.1) is 0 Å². The quantitative estimate of drug-likeness (QED) is 0.170. The standard InChI is InChI=1S/C20H36N6O6/c1-11(2)16(19(30)26-9-5-7-14(26)20(31)32)25-18(29)13(6-3-4-8-21)24-17(28)12(22)10-15(23)27/h11-14,16H,3-10,21-22H2,1-2H3,(H2,23,27)(H,24,28)(H,25,29)(H,31,32). The number of hydrogen-bond acceptors (Lipinski definition) is 7. The van der Waals surface area contributed by atoms with Gasteiger partial charge >= 0.3 is 5.97 Å². The van der Waals surface area contributed by atoms with Gasteiger partial charge in [-0.1, -0.05) is 13.8 Å². The Bertz CT molecular complexity index is 700. The molecule has 0 radical (unpaired) electrons. The fraction of sp³-hybridized carbons (Fsp3) is 0.750. The number of unbranched alkanes of at least 4 members (excludes halogenated alkanes) is 1. The summed E-state index contributed by atoms with van der Waals surface area (Å²) in [7, 11) is 0. The fourth-order valence-electron chi connectivity index (χ4n) is 3.58. The molecule has 0 aromatic heterocycles. The van der Waals surface area contributed by atoms with Crippen molar-refractivity contribution in [2.45, 2.75) is 76.5 Å². The van der Waals surface area contributed by atoms with Crippen LogP contribution in [0.3, 0.4) is 0 Å². The Morgan fingerprint density at radius 3 is 2.28 bits per heavy atom. The predicted molar refractivity (Wildman–Crippen MR) is 116 cm³/mol. The van der Waals surface area contributed by atoms with Crippen molar-refractivity contribution in [2.75, 3.05) is 13.1 Å². The summed E-state index contributed by atoms with van der Waals surface area (Å²) in [5.41, 5.74) is 16.2. The van der Waals surface area contributed by atoms with Gasteiger partial charge in [0.25, 0.3) is 0 Å². The molecule has 0 bridgehead atoms. The number of carboxylic acid groups (broad SMARTS) is 1. The van der Waals surface area contributed by atoms with Crippen molar-refractivity contribution >= 4 is 29.6 Å². The van der Waals surface area contributed by atoms with E-state index in [1.807, 2.05) is 0 Å². The molecule has 1 rings (SSSR count). The summed E-state index contributed by atoms with van der Waals surface area (Å²) in [5.74, 6) is -3.94. The number of carbonyl (C=O) groups is 5. The van der Waals surface area contributed by atoms with E-state index >= 15 is 0 Å². The van der Waals surface area contributed by atoms with Crippen molar-refractivity contribution in [3.8, 4) is 0 Å². The molecule has 1 aliphatic heterocycles. The van der Waals surface area contributed by atoms with Crippen LogP contribution < -0.4 is 27.8 Å². The molecule has 0 aliphatic carbocycles. The van der Waals surface area contributed by atoms with Crippen molar-refractivity contribution in [1.29, 1.82) is 0 Å². The summed E-state index contributed by atoms with van der Waals surface area (Å²) < 4.78 is 0. The van der Waals surface area contributed by atoms with E-state index in [-0.39, 0.29) is 18.8 Å². The van der Waals surface area contributed by atoms with Crippen LogP contribution in [-0.2, 0) is 24.0 Å². The molecule has 1 saturated heterocycles. The zero-order valence-electron chi connectivity index (χ0n) is 18.7. The molecule has 1 aliphatic rings. The van der Waals surface area contributed by atoms with Gasteiger partial charge in [-0.3, -0.25) is 19.2 Å². The lowest BCUT2D eigenvalue weighted by atomic mass is 10.0. The first-order valence-electron chi connectivity index (χ1n) is 10.9. The van der Waals surface area contributed by atoms with E-state index in [4.69, 9.17) is 17.2 Å². The van der Waals surface area contributed by atoms with Crippen molar-refractivity contribution in [3.63, 3.8) is 0 Å². The Kier molecular flexibility index (Phi) is 11.1. The molecule has 4 atom stereocenters. The molecule has 1 fully saturated rings. The highest BCUT2D eigenvalue weighted by Gasteiger charge is 2.39. The van der Waals surface area contributed by atoms with Gasteiger partial charge in [0.1, 0.15) is 18.1 Å². The molecular weight excluding hydrogens is 420 g/mol. The van der Waals surface area contributed by atoms with Crippen LogP contribution in [0.1, 0.15) is 52.4 Å². The molecule has 0 saturated carbocycles. The number of rotatable bonds is 13. The number of amides is 4. The first kappa shape index (κ1) is 27.3. The van der Waals surface area contributed by atoms with E-state index in [1.54, 1.807) is 13.8 Å². The lowest BCUT2D eigenvalue weighted by Crippen LogP contribution is -2.58. The Morgan fingerprint density at radius 1 is 1.09 bits per heavy atom. The zero-order chi connectivity index (χ0) is 24.4. The molecule has 12 heteroatoms. The SMILES string of the molecule is CC(C)C(NC(=O)C(CCCCN)NC(=O)C(N)CC(N)=O)C(=O)N1CCCC1C(=O)O. The van der Waals surface area contributed by atoms with E-state index in [9.17, 15) is 29.1 Å². The van der Waals surface area contributed by atoms with Crippen molar-refractivity contribution in [3.05, 3.63) is 0 Å². The largest absolute Gasteiger partial charge is 0.480 e. The van der Waals surface area contributed by atoms with E-state index in [2.05, 4.69) is 10.6 Å². The molecule has 0 spiro atoms. The van der Waals surface area contributed by atoms with Gasteiger partial charge in [0.2, 0.25) is 23.6 Å². The van der Waals surface area contributed by atoms with Gasteiger partial charge in [-0.05, 0) is 44.6 Å². The number of nitrogens with one attached hydrogen (secondary N) is 2. The van der Waals surface area contributed by atoms with Crippen LogP contribution in [0.15, 0.2) is 0 Å². The maximum Gasteiger partial charge on any atom is 0.326 e. The van der Waals surface area contributed by atoms with Crippen LogP contribution in [0.5, 0.6) is 0 Å². The lowest BCUT2D eigenvalue weighted by molar-refractivity contribution is -0.150. The molecule has 4 unspecified atom stereocenters. The summed E-state index contributed by atoms with van der Waals surface area (Å²) in [5, 5.41) is 14.6. The van der Waals surface area contributed by atoms with Crippen molar-refractivity contribution in [1.82, 2.24) is 15.5 Å². The molecule has 182 valence electrons. The van der Waals surface area contributed by atoms with E-state index in [1.165, 1.54) is 4.90 Å². The molecular formula is C20H36N6O6. The van der Waals surface area contributed by atoms with Crippen LogP contribution in [0.2, 0.25) is 0 Å². The minimum Gasteiger partial charge on any atom is -0.480 e. The molecule has 0 aromatic carbocycles. The Morgan fingerprint density at radius 2 is 1.75 bits per heavy atom. The Labute approximate surface area is 187 Å². The number of nitrogens with zero attached hydrogens (tertiary/aromatic N) is 1. The highest BCUT2D eigenvalue weighted by Crippen LogP contribution is 2.20. The Balaban J connectivity index is 2.95. The van der Waals surface area contributed by atoms with Crippen LogP contribution in [0.25, 0.3) is 0 Å². The van der Waals surface area contributed by atoms with Gasteiger partial charge in [0.15, 0.2) is 0 Å². The highest BCUT2D eigenvalue weighted by atomic mass is 16.4. The predicted octanol–water partition coefficient (Wildman–Crippen LogP) is -1.98. The Hall–Kier alpha value is -2.73. The summed E-state index contributed by atoms with van der Waals surface area (Å²) >= 11 is 0. The number of aliphatic carboxylic acids is 1. The van der Waals surface area contributed by atoms with Crippen LogP contribution >= 0.6 is 0 Å². The number of hydrogen-bond donors (Lipinski definition) is 6. The monoisotopic (exact) mass is 456 g/mol. The molecule has 32 heavy (non-hydrogen) atoms. The zero-order valence-corrected chi connectivity index (χ0v) is 18.7. The highest BCUT2D eigenvalue weighted by molar-refractivity contribution is 5.95. The van der Waals surface area contributed by atoms with E-state index < -0.39 is 53.8 Å². The third-order valence-corrected chi connectivity index (χ3v) is 5.39. The van der Waals surface area contributed by atoms with Gasteiger partial charge in [0, 0.05) is 6.54 Å². The molecule has 0 aromatic rings. The van der Waals surface area contributed by atoms with Gasteiger partial charge in [-0.25, -0.2) is 4.79 Å². The lowest BCUT2D eigenvalue weighted by Gasteiger charge is -2.30. The van der Waals surface area contributed by atoms with Gasteiger partial charge in [-0.2, -0.15) is 0 Å². The summed E-state index contributed by atoms with van der Waals surface area (Å²) in [6.07, 6.45) is 1.95. The minimum absolute atomic E-state index is 0.249. The van der Waals surface area contributed by atoms with E-state index in [0.29, 0.717) is 38.8 Å². The second-order valence-corrected chi connectivity index (χ2v) is 8.38. The normalized spacial score (nSPS) is 18.7. The fourth-order valence-corrected chi connectivity index (χ4v) is 3.58. The number of carbonyl (C=O) groups excluding carboxylic acids is 4. The minimum atomic E-state index is -1.21. The van der Waals surface area contributed by atoms with Crippen LogP contribution in [0, 0.1) is 5.92 Å². The molecule has 1 heterocycles. The average Bonchev–Trinajstić information content (AvgIpc) is 3.20. The number of nitrogens with two attached hydrogens (primary N) is 3. The van der Waals surface area contributed by atoms with E-state index in [0.717, 1.165) is 0 Å². The first-order chi connectivity index (χ1) is 15.0. The van der Waals surface area contributed by atoms with Crippen molar-refractivity contribution < 1.29 is 29.1 Å². The first-order valence-corrected chi connectivity index (χ1v) is 10.9. The van der Waals surface area contributed by atoms with Gasteiger partial charge in [0.05, 0.1) is 12.5 Å². The molecule has 9 N–H and O–H groups in total. The topological polar surface area (TPSA) is 211 Å². The summed E-state index contributed by atoms with van der Waals surface area (Å²) in [6.45, 7) is 4.18. The number of primary amides is 1. The third-order valence-electron chi connectivity index (χ3n) is 5.39. The van der Waals surface area contributed by atoms with Gasteiger partial charge < -0.3 is 37.8 Å². The summed E-state index contributed by atoms with van der Waals surface area (Å²) in [6, 6.07) is -4.10. The average molecular weight is 457 g/mol. The maximum atomic E-state index is 13.0. The van der Waals surface area contributed by atoms with Crippen LogP contribution in [-0.4, -0.2) is 76.9 Å².